The van der Waals surface area contributed by atoms with E-state index in [1.54, 1.807) is 0 Å². The van der Waals surface area contributed by atoms with Gasteiger partial charge < -0.3 is 14.7 Å². The molecule has 0 aliphatic carbocycles. The largest absolute Gasteiger partial charge is 0.363 e. The average Bonchev–Trinajstić information content (AvgIpc) is 3.25. The Balaban J connectivity index is 1.62. The van der Waals surface area contributed by atoms with E-state index >= 15 is 0 Å². The molecule has 0 N–H and O–H groups in total. The summed E-state index contributed by atoms with van der Waals surface area (Å²) < 4.78 is 0. The van der Waals surface area contributed by atoms with Crippen molar-refractivity contribution in [2.45, 2.75) is 38.1 Å². The zero-order chi connectivity index (χ0) is 21.1. The highest BCUT2D eigenvalue weighted by Crippen LogP contribution is 2.42. The second-order valence-electron chi connectivity index (χ2n) is 9.24. The lowest BCUT2D eigenvalue weighted by molar-refractivity contribution is -0.146. The molecule has 1 aromatic heterocycles. The molecule has 0 unspecified atom stereocenters. The van der Waals surface area contributed by atoms with Crippen LogP contribution in [0.1, 0.15) is 42.9 Å². The van der Waals surface area contributed by atoms with Gasteiger partial charge in [0.15, 0.2) is 0 Å². The number of benzene rings is 1. The fourth-order valence-electron chi connectivity index (χ4n) is 5.05. The highest BCUT2D eigenvalue weighted by Gasteiger charge is 2.45. The maximum Gasteiger partial charge on any atom is 0.229 e. The van der Waals surface area contributed by atoms with Gasteiger partial charge in [-0.15, -0.1) is 0 Å². The fourth-order valence-corrected chi connectivity index (χ4v) is 5.05. The first-order valence-corrected chi connectivity index (χ1v) is 11.2. The Hall–Kier alpha value is -2.40. The van der Waals surface area contributed by atoms with E-state index in [9.17, 15) is 4.79 Å². The Labute approximate surface area is 180 Å². The van der Waals surface area contributed by atoms with Crippen molar-refractivity contribution in [3.05, 3.63) is 59.8 Å². The van der Waals surface area contributed by atoms with E-state index in [1.807, 2.05) is 25.2 Å². The first-order chi connectivity index (χ1) is 14.5. The molecule has 2 fully saturated rings. The zero-order valence-corrected chi connectivity index (χ0v) is 18.6. The zero-order valence-electron chi connectivity index (χ0n) is 18.6. The van der Waals surface area contributed by atoms with Crippen LogP contribution < -0.4 is 4.90 Å². The summed E-state index contributed by atoms with van der Waals surface area (Å²) in [6, 6.07) is 14.9. The third-order valence-electron chi connectivity index (χ3n) is 6.91. The molecule has 0 bridgehead atoms. The number of hydrogen-bond donors (Lipinski definition) is 0. The van der Waals surface area contributed by atoms with E-state index in [0.29, 0.717) is 5.91 Å². The Kier molecular flexibility index (Phi) is 6.09. The smallest absolute Gasteiger partial charge is 0.229 e. The van der Waals surface area contributed by atoms with Crippen molar-refractivity contribution in [2.75, 3.05) is 45.7 Å². The van der Waals surface area contributed by atoms with E-state index in [1.165, 1.54) is 11.1 Å². The standard InChI is InChI=1S/C25H34N4O/c1-27(2)23-18-21(11-14-26-23)22-10-7-15-29(22)24(30)25(12-16-28(3)17-13-25)19-20-8-5-4-6-9-20/h4-6,8-9,11,14,18,22H,7,10,12-13,15-17,19H2,1-3H3/t22-/m0/s1. The van der Waals surface area contributed by atoms with E-state index in [4.69, 9.17) is 0 Å². The molecule has 4 rings (SSSR count). The first kappa shape index (κ1) is 20.9. The molecule has 5 heteroatoms. The molecule has 30 heavy (non-hydrogen) atoms. The van der Waals surface area contributed by atoms with Crippen LogP contribution in [0.25, 0.3) is 0 Å². The molecule has 2 aliphatic heterocycles. The number of pyridine rings is 1. The SMILES string of the molecule is CN1CCC(Cc2ccccc2)(C(=O)N2CCC[C@H]2c2ccnc(N(C)C)c2)CC1. The van der Waals surface area contributed by atoms with Crippen molar-refractivity contribution in [1.82, 2.24) is 14.8 Å². The molecule has 2 aliphatic rings. The lowest BCUT2D eigenvalue weighted by atomic mass is 9.72. The number of carbonyl (C=O) groups excluding carboxylic acids is 1. The second-order valence-corrected chi connectivity index (χ2v) is 9.24. The van der Waals surface area contributed by atoms with Crippen molar-refractivity contribution in [3.63, 3.8) is 0 Å². The molecule has 2 aromatic rings. The van der Waals surface area contributed by atoms with E-state index < -0.39 is 0 Å². The molecule has 160 valence electrons. The van der Waals surface area contributed by atoms with Gasteiger partial charge in [-0.25, -0.2) is 4.98 Å². The molecule has 0 saturated carbocycles. The highest BCUT2D eigenvalue weighted by atomic mass is 16.2. The van der Waals surface area contributed by atoms with Gasteiger partial charge in [0, 0.05) is 26.8 Å². The number of likely N-dealkylation sites (tertiary alicyclic amines) is 2. The number of amides is 1. The summed E-state index contributed by atoms with van der Waals surface area (Å²) in [5, 5.41) is 0. The molecule has 5 nitrogen and oxygen atoms in total. The van der Waals surface area contributed by atoms with E-state index in [2.05, 4.69) is 64.3 Å². The topological polar surface area (TPSA) is 39.7 Å². The number of piperidine rings is 1. The van der Waals surface area contributed by atoms with Crippen LogP contribution in [-0.2, 0) is 11.2 Å². The molecule has 3 heterocycles. The third-order valence-corrected chi connectivity index (χ3v) is 6.91. The average molecular weight is 407 g/mol. The van der Waals surface area contributed by atoms with Crippen LogP contribution in [0.3, 0.4) is 0 Å². The van der Waals surface area contributed by atoms with Gasteiger partial charge in [0.05, 0.1) is 11.5 Å². The van der Waals surface area contributed by atoms with Crippen LogP contribution in [0, 0.1) is 5.41 Å². The van der Waals surface area contributed by atoms with Gasteiger partial charge in [-0.3, -0.25) is 4.79 Å². The van der Waals surface area contributed by atoms with Crippen LogP contribution in [0.4, 0.5) is 5.82 Å². The van der Waals surface area contributed by atoms with Crippen molar-refractivity contribution < 1.29 is 4.79 Å². The number of carbonyl (C=O) groups is 1. The predicted octanol–water partition coefficient (Wildman–Crippen LogP) is 3.77. The minimum Gasteiger partial charge on any atom is -0.363 e. The summed E-state index contributed by atoms with van der Waals surface area (Å²) in [7, 11) is 6.18. The Morgan fingerprint density at radius 3 is 2.57 bits per heavy atom. The summed E-state index contributed by atoms with van der Waals surface area (Å²) in [4.78, 5) is 25.1. The summed E-state index contributed by atoms with van der Waals surface area (Å²) >= 11 is 0. The molecule has 2 saturated heterocycles. The normalized spacial score (nSPS) is 21.6. The first-order valence-electron chi connectivity index (χ1n) is 11.2. The number of hydrogen-bond acceptors (Lipinski definition) is 4. The number of nitrogens with zero attached hydrogens (tertiary/aromatic N) is 4. The van der Waals surface area contributed by atoms with Crippen molar-refractivity contribution in [3.8, 4) is 0 Å². The Morgan fingerprint density at radius 2 is 1.87 bits per heavy atom. The summed E-state index contributed by atoms with van der Waals surface area (Å²) in [5.74, 6) is 1.30. The van der Waals surface area contributed by atoms with Crippen molar-refractivity contribution in [2.24, 2.45) is 5.41 Å². The summed E-state index contributed by atoms with van der Waals surface area (Å²) in [5.41, 5.74) is 2.18. The lowest BCUT2D eigenvalue weighted by Gasteiger charge is -2.43. The van der Waals surface area contributed by atoms with Crippen LogP contribution in [0.5, 0.6) is 0 Å². The number of anilines is 1. The maximum absolute atomic E-state index is 14.1. The fraction of sp³-hybridized carbons (Fsp3) is 0.520. The minimum atomic E-state index is -0.298. The summed E-state index contributed by atoms with van der Waals surface area (Å²) in [6.07, 6.45) is 6.67. The van der Waals surface area contributed by atoms with Crippen LogP contribution in [0.2, 0.25) is 0 Å². The number of rotatable bonds is 5. The van der Waals surface area contributed by atoms with Crippen LogP contribution in [-0.4, -0.2) is 61.5 Å². The maximum atomic E-state index is 14.1. The lowest BCUT2D eigenvalue weighted by Crippen LogP contribution is -2.50. The minimum absolute atomic E-state index is 0.159. The van der Waals surface area contributed by atoms with Crippen molar-refractivity contribution >= 4 is 11.7 Å². The Morgan fingerprint density at radius 1 is 1.13 bits per heavy atom. The van der Waals surface area contributed by atoms with Gasteiger partial charge in [0.25, 0.3) is 0 Å². The number of aromatic nitrogens is 1. The molecule has 0 spiro atoms. The van der Waals surface area contributed by atoms with E-state index in [-0.39, 0.29) is 11.5 Å². The van der Waals surface area contributed by atoms with Gasteiger partial charge >= 0.3 is 0 Å². The molecule has 0 radical (unpaired) electrons. The second kappa shape index (κ2) is 8.76. The molecule has 1 aromatic carbocycles. The molecule has 1 atom stereocenters. The predicted molar refractivity (Wildman–Crippen MR) is 122 cm³/mol. The quantitative estimate of drug-likeness (QED) is 0.758. The van der Waals surface area contributed by atoms with Gasteiger partial charge in [0.1, 0.15) is 5.82 Å². The van der Waals surface area contributed by atoms with Gasteiger partial charge in [-0.1, -0.05) is 30.3 Å². The summed E-state index contributed by atoms with van der Waals surface area (Å²) in [6.45, 7) is 2.82. The van der Waals surface area contributed by atoms with Crippen LogP contribution >= 0.6 is 0 Å². The monoisotopic (exact) mass is 406 g/mol. The van der Waals surface area contributed by atoms with Gasteiger partial charge in [-0.2, -0.15) is 0 Å². The molecule has 1 amide bonds. The van der Waals surface area contributed by atoms with Crippen LogP contribution in [0.15, 0.2) is 48.7 Å². The third kappa shape index (κ3) is 4.22. The molecular formula is C25H34N4O. The molecular weight excluding hydrogens is 372 g/mol. The van der Waals surface area contributed by atoms with Gasteiger partial charge in [-0.05, 0) is 75.5 Å². The highest BCUT2D eigenvalue weighted by molar-refractivity contribution is 5.84. The van der Waals surface area contributed by atoms with Crippen molar-refractivity contribution in [1.29, 1.82) is 0 Å². The van der Waals surface area contributed by atoms with E-state index in [0.717, 1.165) is 57.6 Å². The van der Waals surface area contributed by atoms with Gasteiger partial charge in [0.2, 0.25) is 5.91 Å². The Bertz CT molecular complexity index is 858.